The second-order valence-electron chi connectivity index (χ2n) is 11.0. The van der Waals surface area contributed by atoms with Crippen molar-refractivity contribution in [2.24, 2.45) is 5.92 Å². The summed E-state index contributed by atoms with van der Waals surface area (Å²) in [5.41, 5.74) is 6.55. The van der Waals surface area contributed by atoms with Gasteiger partial charge in [0.05, 0.1) is 19.5 Å². The van der Waals surface area contributed by atoms with Crippen LogP contribution < -0.4 is 15.7 Å². The molecule has 0 amide bonds. The number of phosphoric acid groups is 1. The molecule has 2 aromatic heterocycles. The van der Waals surface area contributed by atoms with Gasteiger partial charge in [-0.25, -0.2) is 23.3 Å². The number of alkyl halides is 1. The van der Waals surface area contributed by atoms with Crippen molar-refractivity contribution in [2.75, 3.05) is 18.9 Å². The third-order valence-electron chi connectivity index (χ3n) is 7.55. The first-order valence-corrected chi connectivity index (χ1v) is 19.1. The lowest BCUT2D eigenvalue weighted by molar-refractivity contribution is -0.220. The fraction of sp³-hybridized carbons (Fsp3) is 0.586. The lowest BCUT2D eigenvalue weighted by Gasteiger charge is -2.29. The summed E-state index contributed by atoms with van der Waals surface area (Å²) in [6.45, 7) is 8.15. The van der Waals surface area contributed by atoms with Crippen molar-refractivity contribution in [3.63, 3.8) is 0 Å². The van der Waals surface area contributed by atoms with Gasteiger partial charge in [-0.1, -0.05) is 70.4 Å². The van der Waals surface area contributed by atoms with Gasteiger partial charge >= 0.3 is 13.7 Å². The number of ether oxygens (including phenoxy) is 2. The molecule has 0 aliphatic carbocycles. The summed E-state index contributed by atoms with van der Waals surface area (Å²) in [7, 11) is -10.2. The second kappa shape index (κ2) is 18.6. The molecular formula is C29H43ClFN6O10P2-. The number of carbonyl (C=O) groups is 1. The van der Waals surface area contributed by atoms with Crippen molar-refractivity contribution in [3.8, 4) is 0 Å². The van der Waals surface area contributed by atoms with Gasteiger partial charge < -0.3 is 29.7 Å². The fourth-order valence-corrected chi connectivity index (χ4v) is 7.86. The van der Waals surface area contributed by atoms with Crippen LogP contribution in [0.15, 0.2) is 36.7 Å². The van der Waals surface area contributed by atoms with Crippen LogP contribution in [0.25, 0.3) is 11.2 Å². The zero-order valence-corrected chi connectivity index (χ0v) is 30.4. The van der Waals surface area contributed by atoms with Gasteiger partial charge in [-0.05, 0) is 36.9 Å². The number of nitrogens with one attached hydrogen (secondary N) is 1. The number of hydrogen-bond donors (Lipinski definition) is 3. The first kappa shape index (κ1) is 40.9. The molecular weight excluding hydrogens is 709 g/mol. The SMILES string of the molecule is CCC(CC)CC.CCOP(=O)(N[C@@H](C)C(=O)OCc1ccccc1)OP(=O)([O-])OC[C@H]1O[C@@H](n2cnc3c(N)nc(Cl)nc32)[C@H](F)C1O. The first-order valence-electron chi connectivity index (χ1n) is 15.7. The number of nitrogens with zero attached hydrogens (tertiary/aromatic N) is 4. The van der Waals surface area contributed by atoms with E-state index in [0.717, 1.165) is 16.8 Å². The van der Waals surface area contributed by atoms with Gasteiger partial charge in [0.15, 0.2) is 23.9 Å². The molecule has 1 aromatic carbocycles. The number of imidazole rings is 1. The molecule has 1 fully saturated rings. The molecule has 4 rings (SSSR count). The number of phosphoric ester groups is 1. The highest BCUT2D eigenvalue weighted by atomic mass is 35.5. The molecule has 1 saturated heterocycles. The molecule has 16 nitrogen and oxygen atoms in total. The number of aliphatic hydroxyl groups is 1. The summed E-state index contributed by atoms with van der Waals surface area (Å²) in [6, 6.07) is 7.40. The Bertz CT molecular complexity index is 1600. The predicted octanol–water partition coefficient (Wildman–Crippen LogP) is 4.86. The number of nitrogens with two attached hydrogens (primary N) is 1. The van der Waals surface area contributed by atoms with Crippen LogP contribution in [-0.2, 0) is 43.4 Å². The largest absolute Gasteiger partial charge is 0.756 e. The third-order valence-corrected chi connectivity index (χ3v) is 11.1. The number of nitrogen functional groups attached to an aromatic ring is 1. The third kappa shape index (κ3) is 11.5. The van der Waals surface area contributed by atoms with Crippen LogP contribution in [0.2, 0.25) is 5.28 Å². The molecule has 0 radical (unpaired) electrons. The molecule has 3 aromatic rings. The number of anilines is 1. The maximum atomic E-state index is 15.0. The van der Waals surface area contributed by atoms with Gasteiger partial charge in [-0.3, -0.25) is 18.5 Å². The highest BCUT2D eigenvalue weighted by Gasteiger charge is 2.47. The molecule has 274 valence electrons. The molecule has 1 aliphatic rings. The Morgan fingerprint density at radius 2 is 1.82 bits per heavy atom. The van der Waals surface area contributed by atoms with Gasteiger partial charge in [0, 0.05) is 0 Å². The number of hydrogen-bond acceptors (Lipinski definition) is 14. The van der Waals surface area contributed by atoms with E-state index in [4.69, 9.17) is 35.9 Å². The van der Waals surface area contributed by atoms with E-state index >= 15 is 4.39 Å². The van der Waals surface area contributed by atoms with Crippen LogP contribution in [-0.4, -0.2) is 68.2 Å². The average Bonchev–Trinajstić information content (AvgIpc) is 3.60. The van der Waals surface area contributed by atoms with E-state index in [2.05, 4.69) is 45.1 Å². The smallest absolute Gasteiger partial charge is 0.412 e. The summed E-state index contributed by atoms with van der Waals surface area (Å²) < 4.78 is 66.8. The van der Waals surface area contributed by atoms with Crippen molar-refractivity contribution in [1.29, 1.82) is 0 Å². The predicted molar refractivity (Wildman–Crippen MR) is 177 cm³/mol. The lowest BCUT2D eigenvalue weighted by atomic mass is 10.0. The first-order chi connectivity index (χ1) is 23.2. The molecule has 0 spiro atoms. The van der Waals surface area contributed by atoms with Crippen molar-refractivity contribution in [1.82, 2.24) is 24.6 Å². The van der Waals surface area contributed by atoms with Crippen molar-refractivity contribution < 1.29 is 51.1 Å². The van der Waals surface area contributed by atoms with E-state index in [1.807, 2.05) is 0 Å². The lowest BCUT2D eigenvalue weighted by Crippen LogP contribution is -2.35. The van der Waals surface area contributed by atoms with E-state index < -0.39 is 58.8 Å². The van der Waals surface area contributed by atoms with Crippen molar-refractivity contribution in [2.45, 2.75) is 91.1 Å². The maximum Gasteiger partial charge on any atom is 0.412 e. The molecule has 0 bridgehead atoms. The molecule has 49 heavy (non-hydrogen) atoms. The Morgan fingerprint density at radius 1 is 1.16 bits per heavy atom. The molecule has 3 unspecified atom stereocenters. The number of rotatable bonds is 16. The van der Waals surface area contributed by atoms with Gasteiger partial charge in [0.1, 0.15) is 30.4 Å². The van der Waals surface area contributed by atoms with Crippen LogP contribution in [0.1, 0.15) is 65.7 Å². The summed E-state index contributed by atoms with van der Waals surface area (Å²) >= 11 is 5.83. The minimum absolute atomic E-state index is 0.00638. The Morgan fingerprint density at radius 3 is 2.41 bits per heavy atom. The van der Waals surface area contributed by atoms with Gasteiger partial charge in [-0.2, -0.15) is 9.97 Å². The normalized spacial score (nSPS) is 22.2. The zero-order valence-electron chi connectivity index (χ0n) is 27.8. The van der Waals surface area contributed by atoms with Crippen molar-refractivity contribution in [3.05, 3.63) is 47.5 Å². The maximum absolute atomic E-state index is 15.0. The second-order valence-corrected chi connectivity index (χ2v) is 14.6. The minimum Gasteiger partial charge on any atom is -0.756 e. The number of halogens is 2. The monoisotopic (exact) mass is 751 g/mol. The highest BCUT2D eigenvalue weighted by Crippen LogP contribution is 2.58. The number of aromatic nitrogens is 4. The number of esters is 1. The average molecular weight is 752 g/mol. The van der Waals surface area contributed by atoms with Crippen LogP contribution in [0, 0.1) is 5.92 Å². The van der Waals surface area contributed by atoms with Crippen LogP contribution in [0.5, 0.6) is 0 Å². The van der Waals surface area contributed by atoms with E-state index in [0.29, 0.717) is 5.56 Å². The van der Waals surface area contributed by atoms with Crippen LogP contribution in [0.4, 0.5) is 10.2 Å². The quantitative estimate of drug-likeness (QED) is 0.101. The van der Waals surface area contributed by atoms with E-state index in [1.165, 1.54) is 33.1 Å². The van der Waals surface area contributed by atoms with Gasteiger partial charge in [0.25, 0.3) is 7.82 Å². The van der Waals surface area contributed by atoms with Crippen molar-refractivity contribution >= 4 is 50.1 Å². The number of aliphatic hydroxyl groups excluding tert-OH is 1. The van der Waals surface area contributed by atoms with Gasteiger partial charge in [-0.15, -0.1) is 0 Å². The number of benzene rings is 1. The van der Waals surface area contributed by atoms with Crippen LogP contribution >= 0.6 is 27.2 Å². The minimum atomic E-state index is -5.46. The fourth-order valence-electron chi connectivity index (χ4n) is 4.75. The molecule has 7 atom stereocenters. The number of fused-ring (bicyclic) bond motifs is 1. The molecule has 0 saturated carbocycles. The van der Waals surface area contributed by atoms with E-state index in [1.54, 1.807) is 30.3 Å². The summed E-state index contributed by atoms with van der Waals surface area (Å²) in [6.07, 6.45) is -1.80. The highest BCUT2D eigenvalue weighted by molar-refractivity contribution is 7.62. The Hall–Kier alpha value is -2.56. The summed E-state index contributed by atoms with van der Waals surface area (Å²) in [5, 5.41) is 12.3. The van der Waals surface area contributed by atoms with Crippen LogP contribution in [0.3, 0.4) is 0 Å². The zero-order chi connectivity index (χ0) is 36.4. The summed E-state index contributed by atoms with van der Waals surface area (Å²) in [4.78, 5) is 36.6. The molecule has 3 heterocycles. The summed E-state index contributed by atoms with van der Waals surface area (Å²) in [5.74, 6) is 0.0417. The topological polar surface area (TPSA) is 222 Å². The number of carbonyl (C=O) groups excluding carboxylic acids is 1. The standard InChI is InChI=1S/C22H28ClFN6O10P2.C7H16/c1-3-37-41(33,29-12(2)21(32)36-9-13-7-5-4-6-8-13)40-42(34,35)38-10-14-17(31)15(24)20(39-14)30-11-26-16-18(25)27-22(23)28-19(16)30;1-4-7(5-2)6-3/h4-8,11-12,14-15,17,20,31H,3,9-10H2,1-2H3,(H,29,33)(H,34,35)(H2,25,27,28);7H,4-6H2,1-3H3/p-1/t12-,14+,15+,17?,20+,41?;/m0./s1. The molecule has 4 N–H and O–H groups in total. The van der Waals surface area contributed by atoms with E-state index in [9.17, 15) is 23.9 Å². The Kier molecular flexibility index (Phi) is 15.5. The Balaban J connectivity index is 0.000000838. The van der Waals surface area contributed by atoms with E-state index in [-0.39, 0.29) is 35.5 Å². The molecule has 1 aliphatic heterocycles. The Labute approximate surface area is 289 Å². The molecule has 20 heteroatoms. The van der Waals surface area contributed by atoms with Gasteiger partial charge in [0.2, 0.25) is 5.28 Å².